The smallest absolute Gasteiger partial charge is 0.381 e. The number of halogens is 1. The van der Waals surface area contributed by atoms with Crippen molar-refractivity contribution >= 4 is 30.4 Å². The van der Waals surface area contributed by atoms with Gasteiger partial charge in [0.15, 0.2) is 10.8 Å². The van der Waals surface area contributed by atoms with E-state index >= 15 is 0 Å². The lowest BCUT2D eigenvalue weighted by Crippen LogP contribution is -2.45. The van der Waals surface area contributed by atoms with Crippen LogP contribution in [0, 0.1) is 0 Å². The van der Waals surface area contributed by atoms with Gasteiger partial charge in [-0.05, 0) is 0 Å². The fraction of sp³-hybridized carbons (Fsp3) is 0.500. The number of nitrogens with zero attached hydrogens (tertiary/aromatic N) is 4. The average molecular weight is 367 g/mol. The van der Waals surface area contributed by atoms with Crippen LogP contribution in [0.15, 0.2) is 12.7 Å². The summed E-state index contributed by atoms with van der Waals surface area (Å²) in [7, 11) is -5.22. The number of imidazole rings is 1. The minimum Gasteiger partial charge on any atom is -0.394 e. The van der Waals surface area contributed by atoms with Crippen LogP contribution in [0.1, 0.15) is 0 Å². The van der Waals surface area contributed by atoms with Gasteiger partial charge in [0.1, 0.15) is 36.5 Å². The van der Waals surface area contributed by atoms with Crippen molar-refractivity contribution in [1.29, 1.82) is 0 Å². The fourth-order valence-corrected chi connectivity index (χ4v) is 3.93. The molecule has 126 valence electrons. The summed E-state index contributed by atoms with van der Waals surface area (Å²) in [6, 6.07) is 0. The number of hydrogen-bond acceptors (Lipinski definition) is 8. The van der Waals surface area contributed by atoms with E-state index in [0.29, 0.717) is 0 Å². The van der Waals surface area contributed by atoms with Gasteiger partial charge in [0.05, 0.1) is 6.61 Å². The zero-order valence-corrected chi connectivity index (χ0v) is 12.9. The van der Waals surface area contributed by atoms with E-state index in [-0.39, 0.29) is 16.3 Å². The average Bonchev–Trinajstić information content (AvgIpc) is 3.01. The van der Waals surface area contributed by atoms with Crippen LogP contribution in [0.3, 0.4) is 0 Å². The Kier molecular flexibility index (Phi) is 3.94. The molecule has 1 fully saturated rings. The summed E-state index contributed by atoms with van der Waals surface area (Å²) in [5.41, 5.74) is -2.79. The van der Waals surface area contributed by atoms with Gasteiger partial charge in [-0.25, -0.2) is 15.0 Å². The maximum atomic E-state index is 12.1. The van der Waals surface area contributed by atoms with Gasteiger partial charge in [0, 0.05) is 0 Å². The fourth-order valence-electron chi connectivity index (χ4n) is 2.55. The Morgan fingerprint density at radius 3 is 2.61 bits per heavy atom. The van der Waals surface area contributed by atoms with Crippen LogP contribution >= 0.6 is 19.2 Å². The molecule has 0 aromatic carbocycles. The van der Waals surface area contributed by atoms with Crippen molar-refractivity contribution < 1.29 is 34.4 Å². The largest absolute Gasteiger partial charge is 0.394 e. The lowest BCUT2D eigenvalue weighted by Gasteiger charge is -2.33. The molecule has 3 heterocycles. The van der Waals surface area contributed by atoms with E-state index in [1.54, 1.807) is 0 Å². The molecule has 1 unspecified atom stereocenters. The lowest BCUT2D eigenvalue weighted by molar-refractivity contribution is -0.0985. The number of aromatic nitrogens is 4. The number of aliphatic hydroxyl groups is 3. The molecule has 1 aliphatic heterocycles. The summed E-state index contributed by atoms with van der Waals surface area (Å²) >= 11 is 5.84. The van der Waals surface area contributed by atoms with Crippen LogP contribution in [0.4, 0.5) is 0 Å². The molecule has 0 aliphatic carbocycles. The molecule has 1 aliphatic rings. The summed E-state index contributed by atoms with van der Waals surface area (Å²) in [5.74, 6) is 0. The Bertz CT molecular complexity index is 797. The molecular weight excluding hydrogens is 355 g/mol. The first kappa shape index (κ1) is 16.7. The van der Waals surface area contributed by atoms with Crippen molar-refractivity contribution in [1.82, 2.24) is 19.5 Å². The standard InChI is InChI=1S/C10H12ClN4O7P/c11-8-5-9(13-2-12-8)15(3-14-5)10(23(19,20)21)7(18)6(17)4(1-16)22-10/h2-4,6-7,16-18H,1H2,(H2,19,20,21)/t4-,6-,7-,10?/m1/s1. The topological polar surface area (TPSA) is 171 Å². The summed E-state index contributed by atoms with van der Waals surface area (Å²) in [4.78, 5) is 30.9. The van der Waals surface area contributed by atoms with Crippen molar-refractivity contribution in [3.63, 3.8) is 0 Å². The van der Waals surface area contributed by atoms with Crippen LogP contribution in [0.25, 0.3) is 11.2 Å². The molecular formula is C10H12ClN4O7P. The monoisotopic (exact) mass is 366 g/mol. The maximum absolute atomic E-state index is 12.1. The molecule has 13 heteroatoms. The minimum absolute atomic E-state index is 0.0275. The predicted octanol–water partition coefficient (Wildman–Crippen LogP) is -1.62. The van der Waals surface area contributed by atoms with Crippen LogP contribution in [0.5, 0.6) is 0 Å². The Morgan fingerprint density at radius 1 is 1.35 bits per heavy atom. The van der Waals surface area contributed by atoms with Gasteiger partial charge in [0.2, 0.25) is 0 Å². The second kappa shape index (κ2) is 5.43. The summed E-state index contributed by atoms with van der Waals surface area (Å²) < 4.78 is 18.1. The van der Waals surface area contributed by atoms with Gasteiger partial charge < -0.3 is 29.8 Å². The van der Waals surface area contributed by atoms with Crippen molar-refractivity contribution in [3.8, 4) is 0 Å². The molecule has 0 bridgehead atoms. The molecule has 23 heavy (non-hydrogen) atoms. The number of ether oxygens (including phenoxy) is 1. The molecule has 2 aromatic heterocycles. The van der Waals surface area contributed by atoms with Crippen LogP contribution < -0.4 is 0 Å². The normalized spacial score (nSPS) is 31.8. The molecule has 0 radical (unpaired) electrons. The van der Waals surface area contributed by atoms with Gasteiger partial charge >= 0.3 is 7.60 Å². The molecule has 3 rings (SSSR count). The van der Waals surface area contributed by atoms with Gasteiger partial charge in [-0.15, -0.1) is 0 Å². The first-order valence-electron chi connectivity index (χ1n) is 6.28. The van der Waals surface area contributed by atoms with Crippen molar-refractivity contribution in [2.24, 2.45) is 0 Å². The van der Waals surface area contributed by atoms with Gasteiger partial charge in [-0.1, -0.05) is 11.6 Å². The highest BCUT2D eigenvalue weighted by Crippen LogP contribution is 2.61. The summed E-state index contributed by atoms with van der Waals surface area (Å²) in [5, 5.41) is 29.3. The number of fused-ring (bicyclic) bond motifs is 1. The molecule has 0 amide bonds. The van der Waals surface area contributed by atoms with Gasteiger partial charge in [0.25, 0.3) is 5.47 Å². The van der Waals surface area contributed by atoms with E-state index < -0.39 is 38.0 Å². The third-order valence-corrected chi connectivity index (χ3v) is 5.34. The van der Waals surface area contributed by atoms with Crippen LogP contribution in [-0.4, -0.2) is 69.5 Å². The lowest BCUT2D eigenvalue weighted by atomic mass is 10.1. The first-order valence-corrected chi connectivity index (χ1v) is 8.27. The third kappa shape index (κ3) is 2.21. The van der Waals surface area contributed by atoms with Crippen molar-refractivity contribution in [2.45, 2.75) is 23.8 Å². The molecule has 0 spiro atoms. The molecule has 5 N–H and O–H groups in total. The van der Waals surface area contributed by atoms with E-state index in [1.807, 2.05) is 0 Å². The number of hydrogen-bond donors (Lipinski definition) is 5. The van der Waals surface area contributed by atoms with Gasteiger partial charge in [-0.2, -0.15) is 0 Å². The zero-order chi connectivity index (χ0) is 17.0. The molecule has 4 atom stereocenters. The molecule has 11 nitrogen and oxygen atoms in total. The Hall–Kier alpha value is -1.17. The third-order valence-electron chi connectivity index (χ3n) is 3.65. The van der Waals surface area contributed by atoms with Crippen molar-refractivity contribution in [2.75, 3.05) is 6.61 Å². The van der Waals surface area contributed by atoms with E-state index in [1.165, 1.54) is 0 Å². The van der Waals surface area contributed by atoms with E-state index in [0.717, 1.165) is 17.2 Å². The number of rotatable bonds is 3. The Morgan fingerprint density at radius 2 is 2.04 bits per heavy atom. The van der Waals surface area contributed by atoms with E-state index in [9.17, 15) is 29.7 Å². The van der Waals surface area contributed by atoms with E-state index in [4.69, 9.17) is 16.3 Å². The first-order chi connectivity index (χ1) is 10.7. The highest BCUT2D eigenvalue weighted by atomic mass is 35.5. The van der Waals surface area contributed by atoms with E-state index in [2.05, 4.69) is 15.0 Å². The Balaban J connectivity index is 2.30. The molecule has 0 saturated carbocycles. The SMILES string of the molecule is O=P(O)(O)C1(n2cnc3c(Cl)ncnc32)O[C@H](CO)[C@@H](O)[C@H]1O. The number of aliphatic hydroxyl groups excluding tert-OH is 3. The minimum atomic E-state index is -5.22. The highest BCUT2D eigenvalue weighted by molar-refractivity contribution is 7.52. The van der Waals surface area contributed by atoms with Crippen molar-refractivity contribution in [3.05, 3.63) is 17.8 Å². The maximum Gasteiger partial charge on any atom is 0.381 e. The Labute approximate surface area is 133 Å². The van der Waals surface area contributed by atoms with Crippen LogP contribution in [-0.2, 0) is 14.8 Å². The molecule has 2 aromatic rings. The van der Waals surface area contributed by atoms with Crippen LogP contribution in [0.2, 0.25) is 5.15 Å². The quantitative estimate of drug-likeness (QED) is 0.314. The van der Waals surface area contributed by atoms with Gasteiger partial charge in [-0.3, -0.25) is 9.13 Å². The zero-order valence-electron chi connectivity index (χ0n) is 11.3. The second-order valence-electron chi connectivity index (χ2n) is 4.93. The summed E-state index contributed by atoms with van der Waals surface area (Å²) in [6.07, 6.45) is -3.20. The second-order valence-corrected chi connectivity index (χ2v) is 7.02. The summed E-state index contributed by atoms with van der Waals surface area (Å²) in [6.45, 7) is -0.762. The highest BCUT2D eigenvalue weighted by Gasteiger charge is 2.66. The predicted molar refractivity (Wildman–Crippen MR) is 74.3 cm³/mol. The molecule has 1 saturated heterocycles.